The maximum atomic E-state index is 13.2. The maximum Gasteiger partial charge on any atom is 0.303 e. The Labute approximate surface area is 176 Å². The van der Waals surface area contributed by atoms with E-state index in [1.54, 1.807) is 6.92 Å². The summed E-state index contributed by atoms with van der Waals surface area (Å²) in [6.07, 6.45) is -0.560. The molecule has 0 radical (unpaired) electrons. The van der Waals surface area contributed by atoms with Crippen LogP contribution in [0.5, 0.6) is 0 Å². The Kier molecular flexibility index (Phi) is 9.54. The van der Waals surface area contributed by atoms with Crippen molar-refractivity contribution in [1.29, 1.82) is 0 Å². The van der Waals surface area contributed by atoms with Crippen LogP contribution < -0.4 is 5.32 Å². The number of benzene rings is 2. The van der Waals surface area contributed by atoms with Crippen LogP contribution >= 0.6 is 0 Å². The lowest BCUT2D eigenvalue weighted by molar-refractivity contribution is -0.207. The Balaban J connectivity index is 2.12. The fraction of sp³-hybridized carbons (Fsp3) is 0.348. The first-order valence-corrected chi connectivity index (χ1v) is 9.95. The summed E-state index contributed by atoms with van der Waals surface area (Å²) in [5.41, 5.74) is 1.78. The number of nitrogens with one attached hydrogen (secondary N) is 1. The molecule has 7 heteroatoms. The van der Waals surface area contributed by atoms with Gasteiger partial charge < -0.3 is 10.1 Å². The molecule has 1 N–H and O–H groups in total. The van der Waals surface area contributed by atoms with E-state index in [2.05, 4.69) is 5.32 Å². The predicted octanol–water partition coefficient (Wildman–Crippen LogP) is 3.00. The van der Waals surface area contributed by atoms with Gasteiger partial charge in [-0.3, -0.25) is 19.2 Å². The lowest BCUT2D eigenvalue weighted by atomic mass is 10.2. The molecule has 0 aliphatic rings. The van der Waals surface area contributed by atoms with Crippen LogP contribution in [-0.2, 0) is 37.1 Å². The van der Waals surface area contributed by atoms with Gasteiger partial charge in [0.25, 0.3) is 5.91 Å². The van der Waals surface area contributed by atoms with Gasteiger partial charge in [0.2, 0.25) is 5.91 Å². The molecule has 0 aliphatic carbocycles. The van der Waals surface area contributed by atoms with Crippen molar-refractivity contribution in [3.05, 3.63) is 71.8 Å². The summed E-state index contributed by atoms with van der Waals surface area (Å²) >= 11 is 0. The highest BCUT2D eigenvalue weighted by Crippen LogP contribution is 2.13. The van der Waals surface area contributed by atoms with Gasteiger partial charge >= 0.3 is 5.97 Å². The van der Waals surface area contributed by atoms with Gasteiger partial charge in [-0.05, 0) is 11.1 Å². The second-order valence-electron chi connectivity index (χ2n) is 6.71. The second kappa shape index (κ2) is 12.4. The number of hydroxylamine groups is 2. The zero-order valence-corrected chi connectivity index (χ0v) is 17.4. The zero-order chi connectivity index (χ0) is 21.8. The Morgan fingerprint density at radius 3 is 2.13 bits per heavy atom. The van der Waals surface area contributed by atoms with Crippen LogP contribution in [-0.4, -0.2) is 35.5 Å². The van der Waals surface area contributed by atoms with Gasteiger partial charge in [-0.2, -0.15) is 0 Å². The molecular weight excluding hydrogens is 384 g/mol. The van der Waals surface area contributed by atoms with Gasteiger partial charge in [-0.15, -0.1) is 0 Å². The minimum absolute atomic E-state index is 0.134. The van der Waals surface area contributed by atoms with E-state index < -0.39 is 18.0 Å². The number of esters is 1. The standard InChI is InChI=1S/C23H28N2O5/c1-3-22(27)24-15-14-21(30-18(2)26)23(28)25(16-19-10-6-4-7-11-19)29-17-20-12-8-5-9-13-20/h4-13,21H,3,14-17H2,1-2H3,(H,24,27). The largest absolute Gasteiger partial charge is 0.452 e. The van der Waals surface area contributed by atoms with Crippen LogP contribution in [0.1, 0.15) is 37.8 Å². The number of rotatable bonds is 11. The number of hydrogen-bond acceptors (Lipinski definition) is 5. The Morgan fingerprint density at radius 2 is 1.57 bits per heavy atom. The van der Waals surface area contributed by atoms with Crippen LogP contribution in [0.2, 0.25) is 0 Å². The van der Waals surface area contributed by atoms with E-state index >= 15 is 0 Å². The van der Waals surface area contributed by atoms with Gasteiger partial charge in [0, 0.05) is 26.3 Å². The highest BCUT2D eigenvalue weighted by molar-refractivity contribution is 5.83. The molecule has 0 aromatic heterocycles. The molecule has 0 saturated carbocycles. The Hall–Kier alpha value is -3.19. The summed E-state index contributed by atoms with van der Waals surface area (Å²) in [5.74, 6) is -1.18. The van der Waals surface area contributed by atoms with Gasteiger partial charge in [0.1, 0.15) is 6.61 Å². The lowest BCUT2D eigenvalue weighted by Gasteiger charge is -2.26. The predicted molar refractivity (Wildman–Crippen MR) is 112 cm³/mol. The summed E-state index contributed by atoms with van der Waals surface area (Å²) < 4.78 is 5.24. The molecule has 1 atom stereocenters. The first-order valence-electron chi connectivity index (χ1n) is 9.95. The molecule has 7 nitrogen and oxygen atoms in total. The number of carbonyl (C=O) groups is 3. The molecule has 30 heavy (non-hydrogen) atoms. The van der Waals surface area contributed by atoms with Crippen molar-refractivity contribution in [2.75, 3.05) is 6.54 Å². The third kappa shape index (κ3) is 8.05. The average molecular weight is 412 g/mol. The van der Waals surface area contributed by atoms with Gasteiger partial charge in [-0.25, -0.2) is 5.06 Å². The molecule has 0 spiro atoms. The summed E-state index contributed by atoms with van der Waals surface area (Å²) in [4.78, 5) is 42.0. The quantitative estimate of drug-likeness (QED) is 0.453. The minimum Gasteiger partial charge on any atom is -0.452 e. The Bertz CT molecular complexity index is 811. The number of carbonyl (C=O) groups excluding carboxylic acids is 3. The van der Waals surface area contributed by atoms with Crippen molar-refractivity contribution in [3.8, 4) is 0 Å². The van der Waals surface area contributed by atoms with E-state index in [0.717, 1.165) is 11.1 Å². The monoisotopic (exact) mass is 412 g/mol. The molecule has 0 bridgehead atoms. The highest BCUT2D eigenvalue weighted by atomic mass is 16.7. The molecule has 1 unspecified atom stereocenters. The van der Waals surface area contributed by atoms with Crippen LogP contribution in [0.15, 0.2) is 60.7 Å². The van der Waals surface area contributed by atoms with E-state index in [0.29, 0.717) is 6.42 Å². The SMILES string of the molecule is CCC(=O)NCCC(OC(C)=O)C(=O)N(Cc1ccccc1)OCc1ccccc1. The smallest absolute Gasteiger partial charge is 0.303 e. The molecule has 2 amide bonds. The van der Waals surface area contributed by atoms with Crippen molar-refractivity contribution >= 4 is 17.8 Å². The van der Waals surface area contributed by atoms with E-state index in [1.807, 2.05) is 60.7 Å². The fourth-order valence-corrected chi connectivity index (χ4v) is 2.72. The van der Waals surface area contributed by atoms with Crippen molar-refractivity contribution in [3.63, 3.8) is 0 Å². The van der Waals surface area contributed by atoms with E-state index in [-0.39, 0.29) is 32.0 Å². The molecule has 0 fully saturated rings. The van der Waals surface area contributed by atoms with Crippen molar-refractivity contribution in [2.24, 2.45) is 0 Å². The van der Waals surface area contributed by atoms with Gasteiger partial charge in [0.15, 0.2) is 6.10 Å². The van der Waals surface area contributed by atoms with E-state index in [9.17, 15) is 14.4 Å². The summed E-state index contributed by atoms with van der Waals surface area (Å²) in [6.45, 7) is 3.60. The number of nitrogens with zero attached hydrogens (tertiary/aromatic N) is 1. The summed E-state index contributed by atoms with van der Waals surface area (Å²) in [7, 11) is 0. The molecule has 160 valence electrons. The van der Waals surface area contributed by atoms with Crippen LogP contribution in [0, 0.1) is 0 Å². The van der Waals surface area contributed by atoms with Gasteiger partial charge in [-0.1, -0.05) is 67.6 Å². The number of amides is 2. The number of hydrogen-bond donors (Lipinski definition) is 1. The van der Waals surface area contributed by atoms with Crippen LogP contribution in [0.4, 0.5) is 0 Å². The molecule has 0 saturated heterocycles. The molecule has 0 heterocycles. The molecule has 0 aliphatic heterocycles. The Morgan fingerprint density at radius 1 is 0.967 bits per heavy atom. The van der Waals surface area contributed by atoms with Crippen molar-refractivity contribution in [2.45, 2.75) is 45.9 Å². The third-order valence-electron chi connectivity index (χ3n) is 4.28. The first kappa shape index (κ1) is 23.1. The van der Waals surface area contributed by atoms with Crippen molar-refractivity contribution < 1.29 is 24.0 Å². The van der Waals surface area contributed by atoms with Crippen molar-refractivity contribution in [1.82, 2.24) is 10.4 Å². The second-order valence-corrected chi connectivity index (χ2v) is 6.71. The zero-order valence-electron chi connectivity index (χ0n) is 17.4. The average Bonchev–Trinajstić information content (AvgIpc) is 2.76. The minimum atomic E-state index is -1.06. The highest BCUT2D eigenvalue weighted by Gasteiger charge is 2.28. The fourth-order valence-electron chi connectivity index (χ4n) is 2.72. The lowest BCUT2D eigenvalue weighted by Crippen LogP contribution is -2.42. The number of ether oxygens (including phenoxy) is 1. The third-order valence-corrected chi connectivity index (χ3v) is 4.28. The van der Waals surface area contributed by atoms with E-state index in [4.69, 9.17) is 9.57 Å². The normalized spacial score (nSPS) is 11.4. The summed E-state index contributed by atoms with van der Waals surface area (Å²) in [6, 6.07) is 18.9. The maximum absolute atomic E-state index is 13.2. The molecule has 2 aromatic rings. The van der Waals surface area contributed by atoms with Crippen LogP contribution in [0.3, 0.4) is 0 Å². The molecule has 2 aromatic carbocycles. The molecule has 2 rings (SSSR count). The molecular formula is C23H28N2O5. The summed E-state index contributed by atoms with van der Waals surface area (Å²) in [5, 5.41) is 3.92. The topological polar surface area (TPSA) is 84.9 Å². The van der Waals surface area contributed by atoms with Gasteiger partial charge in [0.05, 0.1) is 6.54 Å². The first-order chi connectivity index (χ1) is 14.5. The van der Waals surface area contributed by atoms with Crippen LogP contribution in [0.25, 0.3) is 0 Å². The van der Waals surface area contributed by atoms with E-state index in [1.165, 1.54) is 12.0 Å².